The Hall–Kier alpha value is -1.12. The number of halogens is 1. The van der Waals surface area contributed by atoms with Crippen LogP contribution in [0, 0.1) is 0 Å². The summed E-state index contributed by atoms with van der Waals surface area (Å²) in [4.78, 5) is 1.05. The van der Waals surface area contributed by atoms with Crippen molar-refractivity contribution in [1.29, 1.82) is 0 Å². The van der Waals surface area contributed by atoms with Gasteiger partial charge < -0.3 is 9.47 Å². The Morgan fingerprint density at radius 1 is 1.17 bits per heavy atom. The molecule has 1 atom stereocenters. The van der Waals surface area contributed by atoms with Crippen LogP contribution >= 0.6 is 22.9 Å². The first kappa shape index (κ1) is 18.2. The SMILES string of the molecule is COCCOc1ccc(S(=O)(=O)NC(C)c2ccc(Cl)s2)cc1. The van der Waals surface area contributed by atoms with Crippen molar-refractivity contribution in [3.05, 3.63) is 45.6 Å². The van der Waals surface area contributed by atoms with Gasteiger partial charge in [-0.05, 0) is 43.3 Å². The molecule has 0 aliphatic heterocycles. The number of sulfonamides is 1. The van der Waals surface area contributed by atoms with E-state index in [1.54, 1.807) is 32.2 Å². The monoisotopic (exact) mass is 375 g/mol. The second-order valence-corrected chi connectivity index (χ2v) is 8.26. The summed E-state index contributed by atoms with van der Waals surface area (Å²) in [6, 6.07) is 9.48. The van der Waals surface area contributed by atoms with Crippen LogP contribution in [0.5, 0.6) is 5.75 Å². The van der Waals surface area contributed by atoms with Gasteiger partial charge in [0.25, 0.3) is 0 Å². The Morgan fingerprint density at radius 2 is 1.87 bits per heavy atom. The summed E-state index contributed by atoms with van der Waals surface area (Å²) in [6.07, 6.45) is 0. The van der Waals surface area contributed by atoms with Crippen LogP contribution in [0.4, 0.5) is 0 Å². The predicted molar refractivity (Wildman–Crippen MR) is 91.9 cm³/mol. The highest BCUT2D eigenvalue weighted by Crippen LogP contribution is 2.28. The maximum atomic E-state index is 12.4. The van der Waals surface area contributed by atoms with Gasteiger partial charge in [-0.15, -0.1) is 11.3 Å². The lowest BCUT2D eigenvalue weighted by atomic mass is 10.3. The molecular weight excluding hydrogens is 358 g/mol. The molecule has 8 heteroatoms. The van der Waals surface area contributed by atoms with Crippen molar-refractivity contribution in [3.8, 4) is 5.75 Å². The zero-order chi connectivity index (χ0) is 16.9. The fraction of sp³-hybridized carbons (Fsp3) is 0.333. The minimum atomic E-state index is -3.61. The second kappa shape index (κ2) is 8.12. The number of benzene rings is 1. The van der Waals surface area contributed by atoms with E-state index in [4.69, 9.17) is 21.1 Å². The third-order valence-corrected chi connectivity index (χ3v) is 6.01. The number of thiophene rings is 1. The lowest BCUT2D eigenvalue weighted by Gasteiger charge is -2.13. The van der Waals surface area contributed by atoms with Crippen molar-refractivity contribution in [2.75, 3.05) is 20.3 Å². The molecule has 1 aromatic heterocycles. The van der Waals surface area contributed by atoms with Crippen molar-refractivity contribution >= 4 is 33.0 Å². The molecule has 0 saturated heterocycles. The van der Waals surface area contributed by atoms with Crippen molar-refractivity contribution < 1.29 is 17.9 Å². The minimum Gasteiger partial charge on any atom is -0.491 e. The number of ether oxygens (including phenoxy) is 2. The molecule has 1 heterocycles. The van der Waals surface area contributed by atoms with Crippen LogP contribution in [0.3, 0.4) is 0 Å². The molecule has 0 fully saturated rings. The molecule has 23 heavy (non-hydrogen) atoms. The molecule has 1 unspecified atom stereocenters. The van der Waals surface area contributed by atoms with Gasteiger partial charge in [-0.25, -0.2) is 13.1 Å². The normalized spacial score (nSPS) is 13.0. The number of hydrogen-bond acceptors (Lipinski definition) is 5. The highest BCUT2D eigenvalue weighted by atomic mass is 35.5. The molecule has 0 bridgehead atoms. The van der Waals surface area contributed by atoms with Crippen LogP contribution < -0.4 is 9.46 Å². The summed E-state index contributed by atoms with van der Waals surface area (Å²) in [6.45, 7) is 2.67. The Bertz CT molecular complexity index is 728. The number of hydrogen-bond donors (Lipinski definition) is 1. The number of nitrogens with one attached hydrogen (secondary N) is 1. The third kappa shape index (κ3) is 5.19. The van der Waals surface area contributed by atoms with Gasteiger partial charge in [-0.2, -0.15) is 0 Å². The first-order valence-corrected chi connectivity index (χ1v) is 9.59. The van der Waals surface area contributed by atoms with E-state index in [1.807, 2.05) is 6.07 Å². The van der Waals surface area contributed by atoms with Gasteiger partial charge in [-0.3, -0.25) is 0 Å². The average molecular weight is 376 g/mol. The van der Waals surface area contributed by atoms with E-state index >= 15 is 0 Å². The van der Waals surface area contributed by atoms with Crippen molar-refractivity contribution in [3.63, 3.8) is 0 Å². The Balaban J connectivity index is 2.04. The van der Waals surface area contributed by atoms with Crippen LogP contribution in [0.2, 0.25) is 4.34 Å². The summed E-state index contributed by atoms with van der Waals surface area (Å²) < 4.78 is 38.4. The van der Waals surface area contributed by atoms with Gasteiger partial charge in [0, 0.05) is 12.0 Å². The van der Waals surface area contributed by atoms with E-state index in [0.717, 1.165) is 4.88 Å². The highest BCUT2D eigenvalue weighted by molar-refractivity contribution is 7.89. The van der Waals surface area contributed by atoms with E-state index in [1.165, 1.54) is 23.5 Å². The molecule has 0 saturated carbocycles. The lowest BCUT2D eigenvalue weighted by Crippen LogP contribution is -2.26. The molecule has 2 rings (SSSR count). The summed E-state index contributed by atoms with van der Waals surface area (Å²) in [5.41, 5.74) is 0. The van der Waals surface area contributed by atoms with E-state index in [0.29, 0.717) is 23.3 Å². The van der Waals surface area contributed by atoms with Crippen molar-refractivity contribution in [1.82, 2.24) is 4.72 Å². The Labute approximate surface area is 145 Å². The molecule has 5 nitrogen and oxygen atoms in total. The predicted octanol–water partition coefficient (Wildman–Crippen LogP) is 3.47. The molecule has 0 spiro atoms. The first-order chi connectivity index (χ1) is 10.9. The van der Waals surface area contributed by atoms with E-state index < -0.39 is 10.0 Å². The van der Waals surface area contributed by atoms with Gasteiger partial charge in [0.1, 0.15) is 12.4 Å². The first-order valence-electron chi connectivity index (χ1n) is 6.92. The molecule has 2 aromatic rings. The molecule has 1 N–H and O–H groups in total. The molecular formula is C15H18ClNO4S2. The van der Waals surface area contributed by atoms with Crippen LogP contribution in [0.15, 0.2) is 41.3 Å². The van der Waals surface area contributed by atoms with E-state index in [9.17, 15) is 8.42 Å². The second-order valence-electron chi connectivity index (χ2n) is 4.80. The van der Waals surface area contributed by atoms with E-state index in [-0.39, 0.29) is 10.9 Å². The Morgan fingerprint density at radius 3 is 2.43 bits per heavy atom. The van der Waals surface area contributed by atoms with E-state index in [2.05, 4.69) is 4.72 Å². The minimum absolute atomic E-state index is 0.186. The standard InChI is InChI=1S/C15H18ClNO4S2/c1-11(14-7-8-15(16)22-14)17-23(18,19)13-5-3-12(4-6-13)21-10-9-20-2/h3-8,11,17H,9-10H2,1-2H3. The van der Waals surface area contributed by atoms with Crippen molar-refractivity contribution in [2.45, 2.75) is 17.9 Å². The molecule has 0 aliphatic rings. The average Bonchev–Trinajstić information content (AvgIpc) is 2.94. The zero-order valence-corrected chi connectivity index (χ0v) is 15.2. The summed E-state index contributed by atoms with van der Waals surface area (Å²) in [5, 5.41) is 0. The maximum absolute atomic E-state index is 12.4. The topological polar surface area (TPSA) is 64.6 Å². The quantitative estimate of drug-likeness (QED) is 0.717. The summed E-state index contributed by atoms with van der Waals surface area (Å²) in [7, 11) is -2.02. The largest absolute Gasteiger partial charge is 0.491 e. The smallest absolute Gasteiger partial charge is 0.241 e. The fourth-order valence-electron chi connectivity index (χ4n) is 1.88. The van der Waals surface area contributed by atoms with Crippen LogP contribution in [0.25, 0.3) is 0 Å². The van der Waals surface area contributed by atoms with Gasteiger partial charge >= 0.3 is 0 Å². The molecule has 126 valence electrons. The fourth-order valence-corrected chi connectivity index (χ4v) is 4.24. The van der Waals surface area contributed by atoms with Gasteiger partial charge in [0.2, 0.25) is 10.0 Å². The summed E-state index contributed by atoms with van der Waals surface area (Å²) >= 11 is 7.23. The van der Waals surface area contributed by atoms with Crippen molar-refractivity contribution in [2.24, 2.45) is 0 Å². The van der Waals surface area contributed by atoms with Gasteiger partial charge in [-0.1, -0.05) is 11.6 Å². The molecule has 0 amide bonds. The lowest BCUT2D eigenvalue weighted by molar-refractivity contribution is 0.146. The molecule has 0 radical (unpaired) electrons. The number of rotatable bonds is 8. The third-order valence-electron chi connectivity index (χ3n) is 3.04. The molecule has 0 aliphatic carbocycles. The van der Waals surface area contributed by atoms with Crippen LogP contribution in [-0.2, 0) is 14.8 Å². The van der Waals surface area contributed by atoms with Crippen LogP contribution in [-0.4, -0.2) is 28.7 Å². The van der Waals surface area contributed by atoms with Crippen LogP contribution in [0.1, 0.15) is 17.8 Å². The molecule has 1 aromatic carbocycles. The maximum Gasteiger partial charge on any atom is 0.241 e. The Kier molecular flexibility index (Phi) is 6.43. The highest BCUT2D eigenvalue weighted by Gasteiger charge is 2.19. The van der Waals surface area contributed by atoms with Gasteiger partial charge in [0.15, 0.2) is 0 Å². The summed E-state index contributed by atoms with van der Waals surface area (Å²) in [5.74, 6) is 0.596. The zero-order valence-electron chi connectivity index (χ0n) is 12.8. The van der Waals surface area contributed by atoms with Gasteiger partial charge in [0.05, 0.1) is 21.9 Å². The number of methoxy groups -OCH3 is 1.